The highest BCUT2D eigenvalue weighted by Crippen LogP contribution is 2.13. The predicted molar refractivity (Wildman–Crippen MR) is 70.8 cm³/mol. The molecule has 1 aromatic carbocycles. The van der Waals surface area contributed by atoms with Gasteiger partial charge in [0, 0.05) is 13.5 Å². The van der Waals surface area contributed by atoms with Crippen LogP contribution in [-0.2, 0) is 16.1 Å². The molecule has 0 saturated carbocycles. The Balaban J connectivity index is 2.53. The number of esters is 1. The lowest BCUT2D eigenvalue weighted by atomic mass is 10.2. The van der Waals surface area contributed by atoms with Crippen LogP contribution in [0.3, 0.4) is 0 Å². The van der Waals surface area contributed by atoms with Gasteiger partial charge in [0.25, 0.3) is 0 Å². The van der Waals surface area contributed by atoms with Crippen molar-refractivity contribution in [3.8, 4) is 5.75 Å². The number of carbonyl (C=O) groups is 2. The molecule has 0 fully saturated rings. The maximum atomic E-state index is 11.5. The van der Waals surface area contributed by atoms with Gasteiger partial charge in [0.15, 0.2) is 0 Å². The topological polar surface area (TPSA) is 64.6 Å². The molecule has 5 nitrogen and oxygen atoms in total. The number of rotatable bonds is 3. The molecule has 1 rings (SSSR count). The van der Waals surface area contributed by atoms with Gasteiger partial charge in [0.1, 0.15) is 11.4 Å². The lowest BCUT2D eigenvalue weighted by molar-refractivity contribution is -0.131. The lowest BCUT2D eigenvalue weighted by Gasteiger charge is -2.19. The quantitative estimate of drug-likeness (QED) is 0.674. The molecule has 0 atom stereocenters. The van der Waals surface area contributed by atoms with Crippen LogP contribution >= 0.6 is 0 Å². The maximum Gasteiger partial charge on any atom is 0.407 e. The first kappa shape index (κ1) is 15.0. The zero-order chi connectivity index (χ0) is 14.5. The number of hydrogen-bond acceptors (Lipinski definition) is 4. The molecular weight excluding hydrogens is 246 g/mol. The first-order valence-corrected chi connectivity index (χ1v) is 6.00. The monoisotopic (exact) mass is 265 g/mol. The molecule has 0 aliphatic carbocycles. The third-order valence-corrected chi connectivity index (χ3v) is 2.00. The van der Waals surface area contributed by atoms with Crippen molar-refractivity contribution in [1.29, 1.82) is 0 Å². The number of ether oxygens (including phenoxy) is 2. The van der Waals surface area contributed by atoms with Crippen molar-refractivity contribution in [3.63, 3.8) is 0 Å². The largest absolute Gasteiger partial charge is 0.444 e. The SMILES string of the molecule is CC(=O)Oc1cccc(CNC(=O)OC(C)(C)C)c1. The summed E-state index contributed by atoms with van der Waals surface area (Å²) in [6, 6.07) is 6.95. The van der Waals surface area contributed by atoms with Crippen LogP contribution < -0.4 is 10.1 Å². The van der Waals surface area contributed by atoms with Crippen LogP contribution in [0.5, 0.6) is 5.75 Å². The van der Waals surface area contributed by atoms with Crippen molar-refractivity contribution >= 4 is 12.1 Å². The van der Waals surface area contributed by atoms with E-state index < -0.39 is 11.7 Å². The second-order valence-electron chi connectivity index (χ2n) is 5.10. The van der Waals surface area contributed by atoms with Crippen LogP contribution in [0.15, 0.2) is 24.3 Å². The van der Waals surface area contributed by atoms with Crippen LogP contribution in [0.4, 0.5) is 4.79 Å². The molecule has 0 unspecified atom stereocenters. The molecular formula is C14H19NO4. The zero-order valence-electron chi connectivity index (χ0n) is 11.6. The maximum absolute atomic E-state index is 11.5. The Morgan fingerprint density at radius 3 is 2.53 bits per heavy atom. The second-order valence-corrected chi connectivity index (χ2v) is 5.10. The predicted octanol–water partition coefficient (Wildman–Crippen LogP) is 2.64. The van der Waals surface area contributed by atoms with Gasteiger partial charge in [0.05, 0.1) is 0 Å². The average Bonchev–Trinajstić information content (AvgIpc) is 2.23. The molecule has 1 amide bonds. The molecule has 5 heteroatoms. The van der Waals surface area contributed by atoms with Gasteiger partial charge >= 0.3 is 12.1 Å². The van der Waals surface area contributed by atoms with E-state index in [1.165, 1.54) is 6.92 Å². The Hall–Kier alpha value is -2.04. The Morgan fingerprint density at radius 2 is 1.95 bits per heavy atom. The molecule has 0 aromatic heterocycles. The zero-order valence-corrected chi connectivity index (χ0v) is 11.6. The number of carbonyl (C=O) groups excluding carboxylic acids is 2. The van der Waals surface area contributed by atoms with E-state index in [4.69, 9.17) is 9.47 Å². The highest BCUT2D eigenvalue weighted by Gasteiger charge is 2.15. The van der Waals surface area contributed by atoms with Gasteiger partial charge in [-0.2, -0.15) is 0 Å². The minimum atomic E-state index is -0.524. The number of hydrogen-bond donors (Lipinski definition) is 1. The van der Waals surface area contributed by atoms with Crippen LogP contribution in [-0.4, -0.2) is 17.7 Å². The third-order valence-electron chi connectivity index (χ3n) is 2.00. The number of alkyl carbamates (subject to hydrolysis) is 1. The molecule has 1 aromatic rings. The van der Waals surface area contributed by atoms with Crippen LogP contribution in [0.2, 0.25) is 0 Å². The van der Waals surface area contributed by atoms with Crippen molar-refractivity contribution in [2.75, 3.05) is 0 Å². The van der Waals surface area contributed by atoms with E-state index >= 15 is 0 Å². The number of nitrogens with one attached hydrogen (secondary N) is 1. The van der Waals surface area contributed by atoms with E-state index in [0.29, 0.717) is 12.3 Å². The van der Waals surface area contributed by atoms with Crippen molar-refractivity contribution in [2.24, 2.45) is 0 Å². The smallest absolute Gasteiger partial charge is 0.407 e. The normalized spacial score (nSPS) is 10.7. The van der Waals surface area contributed by atoms with Crippen molar-refractivity contribution in [2.45, 2.75) is 39.8 Å². The van der Waals surface area contributed by atoms with Crippen molar-refractivity contribution in [1.82, 2.24) is 5.32 Å². The summed E-state index contributed by atoms with van der Waals surface area (Å²) in [4.78, 5) is 22.3. The fourth-order valence-corrected chi connectivity index (χ4v) is 1.37. The lowest BCUT2D eigenvalue weighted by Crippen LogP contribution is -2.32. The van der Waals surface area contributed by atoms with Gasteiger partial charge in [-0.05, 0) is 38.5 Å². The van der Waals surface area contributed by atoms with Crippen molar-refractivity contribution in [3.05, 3.63) is 29.8 Å². The van der Waals surface area contributed by atoms with E-state index in [0.717, 1.165) is 5.56 Å². The van der Waals surface area contributed by atoms with E-state index in [1.54, 1.807) is 39.0 Å². The van der Waals surface area contributed by atoms with E-state index in [1.807, 2.05) is 6.07 Å². The van der Waals surface area contributed by atoms with Gasteiger partial charge < -0.3 is 14.8 Å². The van der Waals surface area contributed by atoms with Gasteiger partial charge in [-0.25, -0.2) is 4.79 Å². The standard InChI is InChI=1S/C14H19NO4/c1-10(16)18-12-7-5-6-11(8-12)9-15-13(17)19-14(2,3)4/h5-8H,9H2,1-4H3,(H,15,17). The van der Waals surface area contributed by atoms with Crippen LogP contribution in [0.25, 0.3) is 0 Å². The minimum Gasteiger partial charge on any atom is -0.444 e. The summed E-state index contributed by atoms with van der Waals surface area (Å²) in [5.41, 5.74) is 0.300. The van der Waals surface area contributed by atoms with Crippen molar-refractivity contribution < 1.29 is 19.1 Å². The number of amides is 1. The van der Waals surface area contributed by atoms with E-state index in [2.05, 4.69) is 5.32 Å². The second kappa shape index (κ2) is 6.22. The van der Waals surface area contributed by atoms with Gasteiger partial charge in [-0.1, -0.05) is 12.1 Å². The molecule has 0 radical (unpaired) electrons. The molecule has 0 spiro atoms. The first-order chi connectivity index (χ1) is 8.76. The summed E-state index contributed by atoms with van der Waals surface area (Å²) in [5.74, 6) is 0.0771. The Kier molecular flexibility index (Phi) is 4.92. The molecule has 104 valence electrons. The Bertz CT molecular complexity index is 463. The van der Waals surface area contributed by atoms with Gasteiger partial charge in [-0.15, -0.1) is 0 Å². The molecule has 1 N–H and O–H groups in total. The number of benzene rings is 1. The molecule has 0 saturated heterocycles. The average molecular weight is 265 g/mol. The highest BCUT2D eigenvalue weighted by molar-refractivity contribution is 5.69. The van der Waals surface area contributed by atoms with Gasteiger partial charge in [0.2, 0.25) is 0 Å². The molecule has 0 heterocycles. The summed E-state index contributed by atoms with van der Waals surface area (Å²) < 4.78 is 10.1. The summed E-state index contributed by atoms with van der Waals surface area (Å²) in [6.45, 7) is 7.05. The fraction of sp³-hybridized carbons (Fsp3) is 0.429. The van der Waals surface area contributed by atoms with Crippen LogP contribution in [0.1, 0.15) is 33.3 Å². The van der Waals surface area contributed by atoms with E-state index in [-0.39, 0.29) is 5.97 Å². The molecule has 19 heavy (non-hydrogen) atoms. The molecule has 0 aliphatic rings. The summed E-state index contributed by atoms with van der Waals surface area (Å²) in [6.07, 6.45) is -0.481. The molecule has 0 bridgehead atoms. The summed E-state index contributed by atoms with van der Waals surface area (Å²) in [5, 5.41) is 2.63. The Labute approximate surface area is 112 Å². The van der Waals surface area contributed by atoms with E-state index in [9.17, 15) is 9.59 Å². The van der Waals surface area contributed by atoms with Gasteiger partial charge in [-0.3, -0.25) is 4.79 Å². The summed E-state index contributed by atoms with van der Waals surface area (Å²) >= 11 is 0. The fourth-order valence-electron chi connectivity index (χ4n) is 1.37. The van der Waals surface area contributed by atoms with Crippen LogP contribution in [0, 0.1) is 0 Å². The summed E-state index contributed by atoms with van der Waals surface area (Å²) in [7, 11) is 0. The molecule has 0 aliphatic heterocycles. The third kappa shape index (κ3) is 6.45. The first-order valence-electron chi connectivity index (χ1n) is 6.00. The Morgan fingerprint density at radius 1 is 1.26 bits per heavy atom. The highest BCUT2D eigenvalue weighted by atomic mass is 16.6. The minimum absolute atomic E-state index is 0.310.